The van der Waals surface area contributed by atoms with E-state index in [1.54, 1.807) is 44.4 Å². The van der Waals surface area contributed by atoms with Gasteiger partial charge in [-0.25, -0.2) is 4.79 Å². The average molecular weight is 340 g/mol. The number of aryl methyl sites for hydroxylation is 1. The van der Waals surface area contributed by atoms with Gasteiger partial charge >= 0.3 is 5.97 Å². The van der Waals surface area contributed by atoms with Crippen LogP contribution in [-0.4, -0.2) is 26.0 Å². The molecule has 0 saturated carbocycles. The van der Waals surface area contributed by atoms with Gasteiger partial charge in [0.1, 0.15) is 5.75 Å². The minimum absolute atomic E-state index is 0.170. The molecule has 130 valence electrons. The van der Waals surface area contributed by atoms with Crippen LogP contribution in [0.25, 0.3) is 0 Å². The van der Waals surface area contributed by atoms with Crippen LogP contribution in [0, 0.1) is 13.8 Å². The molecule has 2 aromatic rings. The molecule has 0 fully saturated rings. The summed E-state index contributed by atoms with van der Waals surface area (Å²) in [7, 11) is 3.04. The lowest BCUT2D eigenvalue weighted by Gasteiger charge is -2.15. The van der Waals surface area contributed by atoms with Crippen molar-refractivity contribution < 1.29 is 23.8 Å². The van der Waals surface area contributed by atoms with Crippen LogP contribution in [0.3, 0.4) is 0 Å². The van der Waals surface area contributed by atoms with E-state index in [1.807, 2.05) is 6.92 Å². The highest BCUT2D eigenvalue weighted by atomic mass is 16.6. The van der Waals surface area contributed by atoms with Gasteiger partial charge in [-0.2, -0.15) is 0 Å². The molecule has 0 spiro atoms. The van der Waals surface area contributed by atoms with Gasteiger partial charge in [0.05, 0.1) is 14.2 Å². The SMILES string of the molecule is C=CC(=O)Oc1c(OC)ccc(C(=O)c2ccc(OC)cc2C)c1C. The van der Waals surface area contributed by atoms with E-state index >= 15 is 0 Å². The summed E-state index contributed by atoms with van der Waals surface area (Å²) in [6, 6.07) is 8.51. The minimum atomic E-state index is -0.619. The number of ether oxygens (including phenoxy) is 3. The van der Waals surface area contributed by atoms with Crippen LogP contribution in [0.1, 0.15) is 27.0 Å². The second-order valence-corrected chi connectivity index (χ2v) is 5.40. The quantitative estimate of drug-likeness (QED) is 0.348. The maximum absolute atomic E-state index is 13.0. The lowest BCUT2D eigenvalue weighted by Crippen LogP contribution is -2.11. The number of esters is 1. The van der Waals surface area contributed by atoms with Crippen LogP contribution in [0.5, 0.6) is 17.2 Å². The number of carbonyl (C=O) groups is 2. The van der Waals surface area contributed by atoms with Crippen molar-refractivity contribution in [1.29, 1.82) is 0 Å². The molecule has 0 bridgehead atoms. The van der Waals surface area contributed by atoms with Crippen molar-refractivity contribution in [3.63, 3.8) is 0 Å². The first-order chi connectivity index (χ1) is 11.9. The molecular formula is C20H20O5. The molecule has 0 aliphatic rings. The van der Waals surface area contributed by atoms with Crippen LogP contribution >= 0.6 is 0 Å². The standard InChI is InChI=1S/C20H20O5/c1-6-18(21)25-20-13(3)16(9-10-17(20)24-5)19(22)15-8-7-14(23-4)11-12(15)2/h6-11H,1H2,2-5H3. The van der Waals surface area contributed by atoms with E-state index in [1.165, 1.54) is 7.11 Å². The number of hydrogen-bond acceptors (Lipinski definition) is 5. The molecule has 0 aliphatic heterocycles. The lowest BCUT2D eigenvalue weighted by molar-refractivity contribution is -0.129. The maximum Gasteiger partial charge on any atom is 0.335 e. The Balaban J connectivity index is 2.52. The predicted octanol–water partition coefficient (Wildman–Crippen LogP) is 3.64. The first-order valence-electron chi connectivity index (χ1n) is 7.64. The van der Waals surface area contributed by atoms with Crippen LogP contribution in [0.2, 0.25) is 0 Å². The van der Waals surface area contributed by atoms with E-state index in [4.69, 9.17) is 14.2 Å². The van der Waals surface area contributed by atoms with Gasteiger partial charge in [-0.15, -0.1) is 0 Å². The summed E-state index contributed by atoms with van der Waals surface area (Å²) >= 11 is 0. The van der Waals surface area contributed by atoms with E-state index in [9.17, 15) is 9.59 Å². The van der Waals surface area contributed by atoms with Crippen molar-refractivity contribution in [3.05, 3.63) is 65.2 Å². The van der Waals surface area contributed by atoms with Gasteiger partial charge in [0, 0.05) is 22.8 Å². The monoisotopic (exact) mass is 340 g/mol. The van der Waals surface area contributed by atoms with Crippen molar-refractivity contribution >= 4 is 11.8 Å². The Labute approximate surface area is 146 Å². The average Bonchev–Trinajstić information content (AvgIpc) is 2.62. The fourth-order valence-electron chi connectivity index (χ4n) is 2.51. The van der Waals surface area contributed by atoms with Crippen molar-refractivity contribution in [2.24, 2.45) is 0 Å². The predicted molar refractivity (Wildman–Crippen MR) is 94.7 cm³/mol. The first kappa shape index (κ1) is 18.3. The molecule has 0 atom stereocenters. The molecule has 0 aromatic heterocycles. The summed E-state index contributed by atoms with van der Waals surface area (Å²) < 4.78 is 15.7. The Bertz CT molecular complexity index is 836. The molecule has 2 rings (SSSR count). The number of hydrogen-bond donors (Lipinski definition) is 0. The number of carbonyl (C=O) groups excluding carboxylic acids is 2. The second kappa shape index (κ2) is 7.66. The first-order valence-corrected chi connectivity index (χ1v) is 7.64. The van der Waals surface area contributed by atoms with Crippen molar-refractivity contribution in [1.82, 2.24) is 0 Å². The molecule has 0 unspecified atom stereocenters. The smallest absolute Gasteiger partial charge is 0.335 e. The largest absolute Gasteiger partial charge is 0.497 e. The summed E-state index contributed by atoms with van der Waals surface area (Å²) in [6.45, 7) is 6.93. The van der Waals surface area contributed by atoms with Crippen LogP contribution in [-0.2, 0) is 4.79 Å². The molecule has 25 heavy (non-hydrogen) atoms. The molecule has 0 N–H and O–H groups in total. The molecule has 2 aromatic carbocycles. The molecule has 0 heterocycles. The Morgan fingerprint density at radius 1 is 1.00 bits per heavy atom. The second-order valence-electron chi connectivity index (χ2n) is 5.40. The zero-order chi connectivity index (χ0) is 18.6. The number of ketones is 1. The van der Waals surface area contributed by atoms with E-state index in [0.29, 0.717) is 28.2 Å². The molecule has 5 heteroatoms. The van der Waals surface area contributed by atoms with E-state index in [-0.39, 0.29) is 11.5 Å². The Hall–Kier alpha value is -3.08. The van der Waals surface area contributed by atoms with E-state index in [0.717, 1.165) is 11.6 Å². The third-order valence-corrected chi connectivity index (χ3v) is 3.88. The van der Waals surface area contributed by atoms with Gasteiger partial charge in [0.2, 0.25) is 0 Å². The van der Waals surface area contributed by atoms with Crippen LogP contribution in [0.4, 0.5) is 0 Å². The topological polar surface area (TPSA) is 61.8 Å². The van der Waals surface area contributed by atoms with Gasteiger partial charge in [-0.1, -0.05) is 6.58 Å². The van der Waals surface area contributed by atoms with Crippen LogP contribution in [0.15, 0.2) is 43.0 Å². The molecule has 5 nitrogen and oxygen atoms in total. The number of methoxy groups -OCH3 is 2. The fraction of sp³-hybridized carbons (Fsp3) is 0.200. The van der Waals surface area contributed by atoms with Gasteiger partial charge < -0.3 is 14.2 Å². The van der Waals surface area contributed by atoms with Crippen molar-refractivity contribution in [3.8, 4) is 17.2 Å². The Kier molecular flexibility index (Phi) is 5.60. The summed E-state index contributed by atoms with van der Waals surface area (Å²) in [5.74, 6) is 0.476. The Morgan fingerprint density at radius 2 is 1.68 bits per heavy atom. The zero-order valence-electron chi connectivity index (χ0n) is 14.7. The molecule has 0 saturated heterocycles. The summed E-state index contributed by atoms with van der Waals surface area (Å²) in [4.78, 5) is 24.5. The third-order valence-electron chi connectivity index (χ3n) is 3.88. The molecule has 0 amide bonds. The highest BCUT2D eigenvalue weighted by molar-refractivity contribution is 6.11. The number of rotatable bonds is 6. The van der Waals surface area contributed by atoms with Crippen LogP contribution < -0.4 is 14.2 Å². The highest BCUT2D eigenvalue weighted by Crippen LogP contribution is 2.34. The summed E-state index contributed by atoms with van der Waals surface area (Å²) in [5, 5.41) is 0. The Morgan fingerprint density at radius 3 is 2.24 bits per heavy atom. The summed E-state index contributed by atoms with van der Waals surface area (Å²) in [6.07, 6.45) is 1.06. The van der Waals surface area contributed by atoms with Gasteiger partial charge in [-0.05, 0) is 49.7 Å². The maximum atomic E-state index is 13.0. The van der Waals surface area contributed by atoms with Gasteiger partial charge in [0.15, 0.2) is 17.3 Å². The highest BCUT2D eigenvalue weighted by Gasteiger charge is 2.21. The van der Waals surface area contributed by atoms with E-state index in [2.05, 4.69) is 6.58 Å². The molecule has 0 aliphatic carbocycles. The lowest BCUT2D eigenvalue weighted by atomic mass is 9.95. The minimum Gasteiger partial charge on any atom is -0.497 e. The van der Waals surface area contributed by atoms with Crippen molar-refractivity contribution in [2.75, 3.05) is 14.2 Å². The zero-order valence-corrected chi connectivity index (χ0v) is 14.7. The summed E-state index contributed by atoms with van der Waals surface area (Å²) in [5.41, 5.74) is 2.30. The van der Waals surface area contributed by atoms with Gasteiger partial charge in [-0.3, -0.25) is 4.79 Å². The third kappa shape index (κ3) is 3.71. The van der Waals surface area contributed by atoms with Crippen molar-refractivity contribution in [2.45, 2.75) is 13.8 Å². The fourth-order valence-corrected chi connectivity index (χ4v) is 2.51. The number of benzene rings is 2. The van der Waals surface area contributed by atoms with E-state index < -0.39 is 5.97 Å². The van der Waals surface area contributed by atoms with Gasteiger partial charge in [0.25, 0.3) is 0 Å². The normalized spacial score (nSPS) is 10.1. The molecule has 0 radical (unpaired) electrons. The molecular weight excluding hydrogens is 320 g/mol.